The van der Waals surface area contributed by atoms with Crippen molar-refractivity contribution in [2.45, 2.75) is 71.6 Å². The molecule has 2 fully saturated rings. The number of aromatic nitrogens is 4. The number of hydrogen-bond acceptors (Lipinski definition) is 13. The van der Waals surface area contributed by atoms with Gasteiger partial charge in [0.05, 0.1) is 49.3 Å². The standard InChI is InChI=1S/C42H48ClFN8O5/c1-4-53-35-21-28(7-8-32(35)43)26-49-17-11-30(12-18-49)51(41-47-33-9-15-45-24-38(33)56-41)52(42-48-34-10-16-46-25-39(34)57-42)31-13-19-50(20-14-31)27-29-22-36(54-5-2)40(44)37(23-29)55-6-3/h7-10,15-16,21-25,30-31H,4-6,11-14,17-20,26-27H2,1-3H3. The summed E-state index contributed by atoms with van der Waals surface area (Å²) in [5.74, 6) is 0.667. The summed E-state index contributed by atoms with van der Waals surface area (Å²) in [7, 11) is 0. The zero-order chi connectivity index (χ0) is 39.3. The zero-order valence-electron chi connectivity index (χ0n) is 32.6. The van der Waals surface area contributed by atoms with E-state index in [0.717, 1.165) is 80.6 Å². The van der Waals surface area contributed by atoms with Crippen LogP contribution >= 0.6 is 11.6 Å². The maximum Gasteiger partial charge on any atom is 0.318 e. The van der Waals surface area contributed by atoms with Crippen LogP contribution in [0.1, 0.15) is 57.6 Å². The molecular weight excluding hydrogens is 751 g/mol. The van der Waals surface area contributed by atoms with Gasteiger partial charge in [-0.3, -0.25) is 19.8 Å². The molecule has 0 saturated carbocycles. The molecular formula is C42H48ClFN8O5. The van der Waals surface area contributed by atoms with Crippen LogP contribution in [0, 0.1) is 5.82 Å². The lowest BCUT2D eigenvalue weighted by Gasteiger charge is -2.47. The minimum Gasteiger partial charge on any atom is -0.492 e. The van der Waals surface area contributed by atoms with Crippen LogP contribution in [0.2, 0.25) is 5.02 Å². The van der Waals surface area contributed by atoms with Crippen molar-refractivity contribution in [1.29, 1.82) is 0 Å². The lowest BCUT2D eigenvalue weighted by molar-refractivity contribution is 0.178. The Labute approximate surface area is 336 Å². The molecule has 0 radical (unpaired) electrons. The number of ether oxygens (including phenoxy) is 3. The van der Waals surface area contributed by atoms with E-state index < -0.39 is 5.82 Å². The van der Waals surface area contributed by atoms with Crippen LogP contribution in [0.5, 0.6) is 17.2 Å². The molecule has 13 nitrogen and oxygen atoms in total. The van der Waals surface area contributed by atoms with E-state index in [0.29, 0.717) is 60.3 Å². The molecule has 0 bridgehead atoms. The number of oxazole rings is 2. The predicted molar refractivity (Wildman–Crippen MR) is 217 cm³/mol. The topological polar surface area (TPSA) is 118 Å². The third-order valence-electron chi connectivity index (χ3n) is 10.6. The summed E-state index contributed by atoms with van der Waals surface area (Å²) in [5.41, 5.74) is 4.75. The first-order chi connectivity index (χ1) is 27.9. The molecule has 6 heterocycles. The first kappa shape index (κ1) is 38.7. The second-order valence-electron chi connectivity index (χ2n) is 14.4. The monoisotopic (exact) mass is 798 g/mol. The normalized spacial score (nSPS) is 16.0. The first-order valence-electron chi connectivity index (χ1n) is 19.8. The number of rotatable bonds is 15. The maximum atomic E-state index is 15.1. The fraction of sp³-hybridized carbons (Fsp3) is 0.429. The van der Waals surface area contributed by atoms with Gasteiger partial charge >= 0.3 is 12.0 Å². The summed E-state index contributed by atoms with van der Waals surface area (Å²) in [6.07, 6.45) is 10.1. The van der Waals surface area contributed by atoms with Gasteiger partial charge in [-0.2, -0.15) is 14.4 Å². The van der Waals surface area contributed by atoms with Crippen LogP contribution in [-0.2, 0) is 13.1 Å². The van der Waals surface area contributed by atoms with Gasteiger partial charge in [-0.25, -0.2) is 10.0 Å². The largest absolute Gasteiger partial charge is 0.492 e. The summed E-state index contributed by atoms with van der Waals surface area (Å²) in [4.78, 5) is 23.5. The average molecular weight is 799 g/mol. The maximum absolute atomic E-state index is 15.1. The second-order valence-corrected chi connectivity index (χ2v) is 14.8. The van der Waals surface area contributed by atoms with Crippen molar-refractivity contribution in [1.82, 2.24) is 29.7 Å². The molecule has 4 aromatic heterocycles. The van der Waals surface area contributed by atoms with Crippen LogP contribution in [0.25, 0.3) is 22.2 Å². The minimum absolute atomic E-state index is 0.00863. The molecule has 57 heavy (non-hydrogen) atoms. The van der Waals surface area contributed by atoms with Gasteiger partial charge in [0.2, 0.25) is 5.82 Å². The molecule has 300 valence electrons. The molecule has 0 aliphatic carbocycles. The van der Waals surface area contributed by atoms with Crippen LogP contribution in [0.4, 0.5) is 16.4 Å². The van der Waals surface area contributed by atoms with Crippen molar-refractivity contribution in [2.24, 2.45) is 0 Å². The quantitative estimate of drug-likeness (QED) is 0.0928. The molecule has 6 aromatic rings. The lowest BCUT2D eigenvalue weighted by Crippen LogP contribution is -2.59. The van der Waals surface area contributed by atoms with E-state index in [2.05, 4.69) is 35.9 Å². The molecule has 2 saturated heterocycles. The number of anilines is 2. The Kier molecular flexibility index (Phi) is 11.9. The number of hydrazine groups is 1. The van der Waals surface area contributed by atoms with E-state index in [1.165, 1.54) is 0 Å². The van der Waals surface area contributed by atoms with Gasteiger partial charge in [0.25, 0.3) is 0 Å². The van der Waals surface area contributed by atoms with Crippen molar-refractivity contribution >= 4 is 45.8 Å². The predicted octanol–water partition coefficient (Wildman–Crippen LogP) is 8.30. The number of benzene rings is 2. The molecule has 0 N–H and O–H groups in total. The van der Waals surface area contributed by atoms with Gasteiger partial charge in [-0.15, -0.1) is 0 Å². The number of piperidine rings is 2. The molecule has 15 heteroatoms. The molecule has 2 aliphatic rings. The van der Waals surface area contributed by atoms with Crippen molar-refractivity contribution < 1.29 is 27.4 Å². The summed E-state index contributed by atoms with van der Waals surface area (Å²) >= 11 is 6.40. The highest BCUT2D eigenvalue weighted by Crippen LogP contribution is 2.37. The SMILES string of the molecule is CCOc1cc(CN2CCC(N(c3nc4ccncc4o3)N(c3nc4ccncc4o3)C3CCN(Cc4cc(OCC)c(F)c(OCC)c4)CC3)CC2)ccc1Cl. The number of nitrogens with zero attached hydrogens (tertiary/aromatic N) is 8. The van der Waals surface area contributed by atoms with Crippen molar-refractivity contribution in [3.63, 3.8) is 0 Å². The Balaban J connectivity index is 1.08. The number of halogens is 2. The van der Waals surface area contributed by atoms with E-state index in [9.17, 15) is 0 Å². The number of fused-ring (bicyclic) bond motifs is 2. The van der Waals surface area contributed by atoms with Gasteiger partial charge in [0.1, 0.15) is 16.8 Å². The number of hydrogen-bond donors (Lipinski definition) is 0. The summed E-state index contributed by atoms with van der Waals surface area (Å²) < 4.78 is 45.2. The Hall–Kier alpha value is -5.18. The van der Waals surface area contributed by atoms with Crippen LogP contribution in [0.3, 0.4) is 0 Å². The molecule has 0 amide bonds. The fourth-order valence-electron chi connectivity index (χ4n) is 7.89. The van der Waals surface area contributed by atoms with Crippen LogP contribution in [-0.4, -0.2) is 87.8 Å². The Morgan fingerprint density at radius 3 is 1.60 bits per heavy atom. The van der Waals surface area contributed by atoms with Gasteiger partial charge in [0, 0.05) is 51.7 Å². The fourth-order valence-corrected chi connectivity index (χ4v) is 8.06. The third-order valence-corrected chi connectivity index (χ3v) is 10.9. The Bertz CT molecular complexity index is 2180. The smallest absolute Gasteiger partial charge is 0.318 e. The van der Waals surface area contributed by atoms with Crippen LogP contribution < -0.4 is 24.2 Å². The second kappa shape index (κ2) is 17.5. The molecule has 0 spiro atoms. The summed E-state index contributed by atoms with van der Waals surface area (Å²) in [6.45, 7) is 11.6. The molecule has 0 unspecified atom stereocenters. The highest BCUT2D eigenvalue weighted by molar-refractivity contribution is 6.32. The zero-order valence-corrected chi connectivity index (χ0v) is 33.3. The first-order valence-corrected chi connectivity index (χ1v) is 20.2. The molecule has 2 aliphatic heterocycles. The molecule has 8 rings (SSSR count). The molecule has 2 aromatic carbocycles. The van der Waals surface area contributed by atoms with Crippen molar-refractivity contribution in [3.05, 3.63) is 89.2 Å². The van der Waals surface area contributed by atoms with E-state index in [1.807, 2.05) is 45.0 Å². The van der Waals surface area contributed by atoms with E-state index in [-0.39, 0.29) is 23.6 Å². The minimum atomic E-state index is -0.466. The number of likely N-dealkylation sites (tertiary alicyclic amines) is 2. The molecule has 0 atom stereocenters. The van der Waals surface area contributed by atoms with Crippen molar-refractivity contribution in [2.75, 3.05) is 56.0 Å². The van der Waals surface area contributed by atoms with E-state index in [4.69, 9.17) is 44.6 Å². The number of pyridine rings is 2. The highest BCUT2D eigenvalue weighted by Gasteiger charge is 2.39. The van der Waals surface area contributed by atoms with Gasteiger partial charge in [0.15, 0.2) is 22.7 Å². The van der Waals surface area contributed by atoms with Gasteiger partial charge in [-0.1, -0.05) is 17.7 Å². The van der Waals surface area contributed by atoms with Crippen molar-refractivity contribution in [3.8, 4) is 17.2 Å². The average Bonchev–Trinajstić information content (AvgIpc) is 3.86. The van der Waals surface area contributed by atoms with Gasteiger partial charge in [-0.05, 0) is 94.0 Å². The lowest BCUT2D eigenvalue weighted by atomic mass is 10.0. The highest BCUT2D eigenvalue weighted by atomic mass is 35.5. The van der Waals surface area contributed by atoms with Crippen LogP contribution in [0.15, 0.2) is 76.1 Å². The Morgan fingerprint density at radius 1 is 0.667 bits per heavy atom. The summed E-state index contributed by atoms with van der Waals surface area (Å²) in [6, 6.07) is 14.3. The van der Waals surface area contributed by atoms with E-state index in [1.54, 1.807) is 36.9 Å². The Morgan fingerprint density at radius 2 is 1.12 bits per heavy atom. The van der Waals surface area contributed by atoms with Gasteiger partial charge < -0.3 is 23.0 Å². The van der Waals surface area contributed by atoms with E-state index >= 15 is 4.39 Å². The summed E-state index contributed by atoms with van der Waals surface area (Å²) in [5, 5.41) is 4.99. The third kappa shape index (κ3) is 8.58.